The fourth-order valence-electron chi connectivity index (χ4n) is 4.27. The summed E-state index contributed by atoms with van der Waals surface area (Å²) in [6.07, 6.45) is -0.694. The first-order valence-electron chi connectivity index (χ1n) is 11.1. The number of anilines is 1. The summed E-state index contributed by atoms with van der Waals surface area (Å²) in [5, 5.41) is 14.5. The van der Waals surface area contributed by atoms with E-state index in [9.17, 15) is 19.5 Å². The highest BCUT2D eigenvalue weighted by molar-refractivity contribution is 6.03. The van der Waals surface area contributed by atoms with E-state index in [4.69, 9.17) is 4.74 Å². The largest absolute Gasteiger partial charge is 0.480 e. The molecule has 3 aromatic carbocycles. The van der Waals surface area contributed by atoms with Crippen molar-refractivity contribution < 1.29 is 24.2 Å². The van der Waals surface area contributed by atoms with Crippen molar-refractivity contribution in [1.29, 1.82) is 0 Å². The molecule has 0 aliphatic heterocycles. The van der Waals surface area contributed by atoms with Crippen molar-refractivity contribution in [3.05, 3.63) is 89.5 Å². The average Bonchev–Trinajstić information content (AvgIpc) is 3.14. The molecule has 0 heterocycles. The van der Waals surface area contributed by atoms with Gasteiger partial charge in [0.25, 0.3) is 5.91 Å². The Kier molecular flexibility index (Phi) is 6.63. The first-order chi connectivity index (χ1) is 16.4. The van der Waals surface area contributed by atoms with Crippen LogP contribution in [-0.4, -0.2) is 35.7 Å². The van der Waals surface area contributed by atoms with E-state index in [0.717, 1.165) is 22.3 Å². The summed E-state index contributed by atoms with van der Waals surface area (Å²) < 4.78 is 5.56. The van der Waals surface area contributed by atoms with E-state index in [1.165, 1.54) is 6.07 Å². The van der Waals surface area contributed by atoms with Crippen LogP contribution in [-0.2, 0) is 9.53 Å². The molecule has 0 spiro atoms. The molecule has 2 amide bonds. The lowest BCUT2D eigenvalue weighted by molar-refractivity contribution is -0.140. The summed E-state index contributed by atoms with van der Waals surface area (Å²) in [6, 6.07) is 21.5. The van der Waals surface area contributed by atoms with E-state index < -0.39 is 24.0 Å². The molecule has 7 nitrogen and oxygen atoms in total. The van der Waals surface area contributed by atoms with E-state index in [2.05, 4.69) is 22.8 Å². The molecule has 0 bridgehead atoms. The van der Waals surface area contributed by atoms with Gasteiger partial charge in [-0.2, -0.15) is 0 Å². The summed E-state index contributed by atoms with van der Waals surface area (Å²) >= 11 is 0. The molecule has 7 heteroatoms. The average molecular weight is 459 g/mol. The highest BCUT2D eigenvalue weighted by atomic mass is 16.5. The Balaban J connectivity index is 1.46. The Hall–Kier alpha value is -4.13. The molecular formula is C27H26N2O5. The number of fused-ring (bicyclic) bond motifs is 3. The molecule has 0 aromatic heterocycles. The Morgan fingerprint density at radius 3 is 2.03 bits per heavy atom. The van der Waals surface area contributed by atoms with Gasteiger partial charge in [-0.1, -0.05) is 74.5 Å². The summed E-state index contributed by atoms with van der Waals surface area (Å²) in [5.41, 5.74) is 4.86. The highest BCUT2D eigenvalue weighted by Crippen LogP contribution is 2.44. The van der Waals surface area contributed by atoms with Crippen LogP contribution < -0.4 is 10.6 Å². The normalized spacial score (nSPS) is 13.0. The van der Waals surface area contributed by atoms with Gasteiger partial charge in [0.05, 0.1) is 11.3 Å². The minimum Gasteiger partial charge on any atom is -0.480 e. The smallest absolute Gasteiger partial charge is 0.411 e. The van der Waals surface area contributed by atoms with Crippen LogP contribution in [0, 0.1) is 5.92 Å². The summed E-state index contributed by atoms with van der Waals surface area (Å²) in [7, 11) is 0. The zero-order valence-electron chi connectivity index (χ0n) is 18.9. The zero-order chi connectivity index (χ0) is 24.2. The molecule has 1 atom stereocenters. The van der Waals surface area contributed by atoms with Crippen LogP contribution in [0.25, 0.3) is 11.1 Å². The third kappa shape index (κ3) is 4.64. The molecule has 0 unspecified atom stereocenters. The number of hydrogen-bond acceptors (Lipinski definition) is 4. The fraction of sp³-hybridized carbons (Fsp3) is 0.222. The number of nitrogens with one attached hydrogen (secondary N) is 2. The van der Waals surface area contributed by atoms with Gasteiger partial charge >= 0.3 is 12.1 Å². The van der Waals surface area contributed by atoms with Crippen LogP contribution in [0.15, 0.2) is 72.8 Å². The van der Waals surface area contributed by atoms with E-state index in [-0.39, 0.29) is 29.7 Å². The number of aliphatic carboxylic acids is 1. The molecule has 3 N–H and O–H groups in total. The number of amides is 2. The van der Waals surface area contributed by atoms with Gasteiger partial charge in [-0.3, -0.25) is 10.1 Å². The first-order valence-corrected chi connectivity index (χ1v) is 11.1. The lowest BCUT2D eigenvalue weighted by Crippen LogP contribution is -2.44. The van der Waals surface area contributed by atoms with Crippen LogP contribution in [0.1, 0.15) is 41.3 Å². The molecule has 0 saturated heterocycles. The second-order valence-electron chi connectivity index (χ2n) is 8.53. The summed E-state index contributed by atoms with van der Waals surface area (Å²) in [5.74, 6) is -2.09. The van der Waals surface area contributed by atoms with Crippen molar-refractivity contribution in [2.24, 2.45) is 5.92 Å². The highest BCUT2D eigenvalue weighted by Gasteiger charge is 2.29. The van der Waals surface area contributed by atoms with Crippen LogP contribution in [0.2, 0.25) is 0 Å². The van der Waals surface area contributed by atoms with E-state index in [0.29, 0.717) is 0 Å². The molecule has 4 rings (SSSR count). The van der Waals surface area contributed by atoms with Gasteiger partial charge in [-0.15, -0.1) is 0 Å². The second kappa shape index (κ2) is 9.79. The Morgan fingerprint density at radius 1 is 0.882 bits per heavy atom. The Morgan fingerprint density at radius 2 is 1.44 bits per heavy atom. The number of hydrogen-bond donors (Lipinski definition) is 3. The number of carboxylic acids is 1. The van der Waals surface area contributed by atoms with Gasteiger partial charge < -0.3 is 15.2 Å². The van der Waals surface area contributed by atoms with Crippen molar-refractivity contribution in [1.82, 2.24) is 5.32 Å². The standard InChI is InChI=1S/C27H26N2O5/c1-16(2)24(26(31)32)29-25(30)21-13-7-8-14-23(21)28-27(33)34-15-22-19-11-5-3-9-17(19)18-10-4-6-12-20(18)22/h3-14,16,22,24H,15H2,1-2H3,(H,28,33)(H,29,30)(H,31,32)/t24-/m1/s1. The van der Waals surface area contributed by atoms with Gasteiger partial charge in [0.2, 0.25) is 0 Å². The van der Waals surface area contributed by atoms with Gasteiger partial charge in [0, 0.05) is 5.92 Å². The van der Waals surface area contributed by atoms with Gasteiger partial charge in [0.1, 0.15) is 12.6 Å². The Labute approximate surface area is 197 Å². The molecule has 0 saturated carbocycles. The molecule has 174 valence electrons. The maximum absolute atomic E-state index is 12.7. The second-order valence-corrected chi connectivity index (χ2v) is 8.53. The third-order valence-corrected chi connectivity index (χ3v) is 5.97. The molecule has 3 aromatic rings. The van der Waals surface area contributed by atoms with Gasteiger partial charge in [-0.05, 0) is 40.3 Å². The first kappa shape index (κ1) is 23.0. The maximum atomic E-state index is 12.7. The summed E-state index contributed by atoms with van der Waals surface area (Å²) in [6.45, 7) is 3.56. The minimum absolute atomic E-state index is 0.0842. The SMILES string of the molecule is CC(C)[C@@H](NC(=O)c1ccccc1NC(=O)OCC1c2ccccc2-c2ccccc21)C(=O)O. The van der Waals surface area contributed by atoms with Crippen molar-refractivity contribution in [2.75, 3.05) is 11.9 Å². The van der Waals surface area contributed by atoms with Crippen molar-refractivity contribution in [3.63, 3.8) is 0 Å². The quantitative estimate of drug-likeness (QED) is 0.468. The van der Waals surface area contributed by atoms with E-state index >= 15 is 0 Å². The van der Waals surface area contributed by atoms with E-state index in [1.807, 2.05) is 36.4 Å². The van der Waals surface area contributed by atoms with Gasteiger partial charge in [-0.25, -0.2) is 9.59 Å². The number of ether oxygens (including phenoxy) is 1. The topological polar surface area (TPSA) is 105 Å². The van der Waals surface area contributed by atoms with Gasteiger partial charge in [0.15, 0.2) is 0 Å². The zero-order valence-corrected chi connectivity index (χ0v) is 18.9. The van der Waals surface area contributed by atoms with Crippen molar-refractivity contribution in [3.8, 4) is 11.1 Å². The predicted octanol–water partition coefficient (Wildman–Crippen LogP) is 4.89. The number of rotatable bonds is 7. The third-order valence-electron chi connectivity index (χ3n) is 5.97. The van der Waals surface area contributed by atoms with Crippen LogP contribution in [0.3, 0.4) is 0 Å². The molecule has 1 aliphatic rings. The van der Waals surface area contributed by atoms with Crippen LogP contribution >= 0.6 is 0 Å². The molecule has 0 radical (unpaired) electrons. The minimum atomic E-state index is -1.12. The number of carboxylic acid groups (broad SMARTS) is 1. The fourth-order valence-corrected chi connectivity index (χ4v) is 4.27. The van der Waals surface area contributed by atoms with Crippen LogP contribution in [0.5, 0.6) is 0 Å². The number of para-hydroxylation sites is 1. The van der Waals surface area contributed by atoms with Crippen LogP contribution in [0.4, 0.5) is 10.5 Å². The van der Waals surface area contributed by atoms with Crippen molar-refractivity contribution >= 4 is 23.7 Å². The monoisotopic (exact) mass is 458 g/mol. The lowest BCUT2D eigenvalue weighted by Gasteiger charge is -2.19. The number of carbonyl (C=O) groups is 3. The van der Waals surface area contributed by atoms with Crippen molar-refractivity contribution in [2.45, 2.75) is 25.8 Å². The number of benzene rings is 3. The molecular weight excluding hydrogens is 432 g/mol. The predicted molar refractivity (Wildman–Crippen MR) is 129 cm³/mol. The lowest BCUT2D eigenvalue weighted by atomic mass is 9.98. The summed E-state index contributed by atoms with van der Waals surface area (Å²) in [4.78, 5) is 36.8. The maximum Gasteiger partial charge on any atom is 0.411 e. The molecule has 34 heavy (non-hydrogen) atoms. The Bertz CT molecular complexity index is 1190. The molecule has 0 fully saturated rings. The molecule has 1 aliphatic carbocycles. The number of carbonyl (C=O) groups excluding carboxylic acids is 2. The van der Waals surface area contributed by atoms with E-state index in [1.54, 1.807) is 32.0 Å².